The summed E-state index contributed by atoms with van der Waals surface area (Å²) in [4.78, 5) is 9.26. The Hall–Kier alpha value is -1.60. The summed E-state index contributed by atoms with van der Waals surface area (Å²) in [7, 11) is 2.20. The van der Waals surface area contributed by atoms with Crippen LogP contribution in [0.15, 0.2) is 18.3 Å². The average molecular weight is 242 g/mol. The van der Waals surface area contributed by atoms with Crippen LogP contribution < -0.4 is 4.90 Å². The van der Waals surface area contributed by atoms with Crippen LogP contribution in [0.3, 0.4) is 0 Å². The third-order valence-corrected chi connectivity index (χ3v) is 4.21. The molecule has 3 heterocycles. The highest BCUT2D eigenvalue weighted by Crippen LogP contribution is 2.33. The van der Waals surface area contributed by atoms with E-state index in [1.807, 2.05) is 6.07 Å². The lowest BCUT2D eigenvalue weighted by Gasteiger charge is -2.36. The number of likely N-dealkylation sites (tertiary alicyclic amines) is 1. The quantitative estimate of drug-likeness (QED) is 0.748. The minimum atomic E-state index is 0.614. The first-order valence-corrected chi connectivity index (χ1v) is 6.59. The van der Waals surface area contributed by atoms with Gasteiger partial charge in [0.1, 0.15) is 5.82 Å². The highest BCUT2D eigenvalue weighted by atomic mass is 15.3. The Balaban J connectivity index is 1.83. The normalized spacial score (nSPS) is 27.9. The van der Waals surface area contributed by atoms with E-state index in [2.05, 4.69) is 27.9 Å². The number of pyridine rings is 1. The van der Waals surface area contributed by atoms with Gasteiger partial charge < -0.3 is 9.80 Å². The van der Waals surface area contributed by atoms with Crippen molar-refractivity contribution in [3.63, 3.8) is 0 Å². The molecule has 1 aromatic rings. The Labute approximate surface area is 108 Å². The number of rotatable bonds is 1. The van der Waals surface area contributed by atoms with E-state index < -0.39 is 0 Å². The lowest BCUT2D eigenvalue weighted by Crippen LogP contribution is -2.44. The first-order chi connectivity index (χ1) is 8.78. The Bertz CT molecular complexity index is 479. The van der Waals surface area contributed by atoms with Gasteiger partial charge in [0.15, 0.2) is 0 Å². The van der Waals surface area contributed by atoms with Gasteiger partial charge in [-0.05, 0) is 44.5 Å². The van der Waals surface area contributed by atoms with Crippen LogP contribution in [-0.2, 0) is 0 Å². The number of piperidine rings is 1. The molecule has 1 aromatic heterocycles. The van der Waals surface area contributed by atoms with Gasteiger partial charge in [0.2, 0.25) is 0 Å². The molecule has 2 fully saturated rings. The predicted molar refractivity (Wildman–Crippen MR) is 70.3 cm³/mol. The Morgan fingerprint density at radius 2 is 2.28 bits per heavy atom. The van der Waals surface area contributed by atoms with Crippen LogP contribution >= 0.6 is 0 Å². The van der Waals surface area contributed by atoms with Crippen molar-refractivity contribution >= 4 is 5.82 Å². The van der Waals surface area contributed by atoms with Crippen LogP contribution in [0.25, 0.3) is 0 Å². The summed E-state index contributed by atoms with van der Waals surface area (Å²) < 4.78 is 0. The minimum absolute atomic E-state index is 0.614. The van der Waals surface area contributed by atoms with E-state index in [4.69, 9.17) is 5.26 Å². The van der Waals surface area contributed by atoms with Crippen molar-refractivity contribution in [2.45, 2.75) is 18.9 Å². The summed E-state index contributed by atoms with van der Waals surface area (Å²) in [5.41, 5.74) is 0.705. The van der Waals surface area contributed by atoms with E-state index in [1.165, 1.54) is 19.4 Å². The summed E-state index contributed by atoms with van der Waals surface area (Å²) in [6, 6.07) is 6.50. The fourth-order valence-electron chi connectivity index (χ4n) is 3.30. The van der Waals surface area contributed by atoms with E-state index in [-0.39, 0.29) is 0 Å². The van der Waals surface area contributed by atoms with Gasteiger partial charge in [0.05, 0.1) is 11.6 Å². The molecule has 2 aliphatic heterocycles. The Kier molecular flexibility index (Phi) is 2.92. The molecule has 2 atom stereocenters. The summed E-state index contributed by atoms with van der Waals surface area (Å²) in [5.74, 6) is 1.74. The standard InChI is InChI=1S/C14H18N4/c1-17-6-4-13-12(10-17)3-7-18(13)14-8-11(9-15)2-5-16-14/h2,5,8,12-13H,3-4,6-7,10H2,1H3/t12-,13?/m1/s1. The largest absolute Gasteiger partial charge is 0.353 e. The Morgan fingerprint density at radius 3 is 3.11 bits per heavy atom. The number of nitriles is 1. The summed E-state index contributed by atoms with van der Waals surface area (Å²) in [6.45, 7) is 3.43. The summed E-state index contributed by atoms with van der Waals surface area (Å²) in [5, 5.41) is 8.97. The van der Waals surface area contributed by atoms with Crippen molar-refractivity contribution in [1.82, 2.24) is 9.88 Å². The van der Waals surface area contributed by atoms with Crippen LogP contribution in [0, 0.1) is 17.2 Å². The monoisotopic (exact) mass is 242 g/mol. The molecule has 0 amide bonds. The number of nitrogens with zero attached hydrogens (tertiary/aromatic N) is 4. The Morgan fingerprint density at radius 1 is 1.39 bits per heavy atom. The molecule has 18 heavy (non-hydrogen) atoms. The summed E-state index contributed by atoms with van der Waals surface area (Å²) in [6.07, 6.45) is 4.20. The first-order valence-electron chi connectivity index (χ1n) is 6.59. The number of hydrogen-bond donors (Lipinski definition) is 0. The second kappa shape index (κ2) is 4.58. The topological polar surface area (TPSA) is 43.2 Å². The van der Waals surface area contributed by atoms with Crippen molar-refractivity contribution in [2.24, 2.45) is 5.92 Å². The zero-order valence-electron chi connectivity index (χ0n) is 10.7. The van der Waals surface area contributed by atoms with Crippen molar-refractivity contribution in [2.75, 3.05) is 31.6 Å². The molecular weight excluding hydrogens is 224 g/mol. The molecule has 0 radical (unpaired) electrons. The van der Waals surface area contributed by atoms with Gasteiger partial charge >= 0.3 is 0 Å². The van der Waals surface area contributed by atoms with Crippen molar-refractivity contribution in [1.29, 1.82) is 5.26 Å². The van der Waals surface area contributed by atoms with Gasteiger partial charge in [-0.15, -0.1) is 0 Å². The second-order valence-electron chi connectivity index (χ2n) is 5.37. The maximum Gasteiger partial charge on any atom is 0.130 e. The lowest BCUT2D eigenvalue weighted by molar-refractivity contribution is 0.202. The molecule has 0 saturated carbocycles. The van der Waals surface area contributed by atoms with Gasteiger partial charge in [-0.3, -0.25) is 0 Å². The van der Waals surface area contributed by atoms with E-state index in [0.717, 1.165) is 24.8 Å². The van der Waals surface area contributed by atoms with Gasteiger partial charge in [0, 0.05) is 25.3 Å². The number of hydrogen-bond acceptors (Lipinski definition) is 4. The van der Waals surface area contributed by atoms with Gasteiger partial charge in [-0.25, -0.2) is 4.98 Å². The van der Waals surface area contributed by atoms with Crippen LogP contribution in [0.2, 0.25) is 0 Å². The molecular formula is C14H18N4. The number of aromatic nitrogens is 1. The van der Waals surface area contributed by atoms with Crippen LogP contribution in [0.1, 0.15) is 18.4 Å². The molecule has 0 spiro atoms. The fraction of sp³-hybridized carbons (Fsp3) is 0.571. The molecule has 2 saturated heterocycles. The molecule has 0 N–H and O–H groups in total. The van der Waals surface area contributed by atoms with Crippen molar-refractivity contribution < 1.29 is 0 Å². The van der Waals surface area contributed by atoms with Crippen LogP contribution in [0.5, 0.6) is 0 Å². The third-order valence-electron chi connectivity index (χ3n) is 4.21. The first kappa shape index (κ1) is 11.5. The number of fused-ring (bicyclic) bond motifs is 1. The van der Waals surface area contributed by atoms with Gasteiger partial charge in [-0.2, -0.15) is 5.26 Å². The molecule has 4 heteroatoms. The number of anilines is 1. The van der Waals surface area contributed by atoms with Crippen LogP contribution in [0.4, 0.5) is 5.82 Å². The van der Waals surface area contributed by atoms with Crippen LogP contribution in [-0.4, -0.2) is 42.6 Å². The predicted octanol–water partition coefficient (Wildman–Crippen LogP) is 1.48. The fourth-order valence-corrected chi connectivity index (χ4v) is 3.30. The highest BCUT2D eigenvalue weighted by molar-refractivity contribution is 5.47. The van der Waals surface area contributed by atoms with Crippen molar-refractivity contribution in [3.8, 4) is 6.07 Å². The zero-order chi connectivity index (χ0) is 12.5. The minimum Gasteiger partial charge on any atom is -0.353 e. The lowest BCUT2D eigenvalue weighted by atomic mass is 9.93. The van der Waals surface area contributed by atoms with E-state index >= 15 is 0 Å². The third kappa shape index (κ3) is 1.95. The highest BCUT2D eigenvalue weighted by Gasteiger charge is 2.37. The van der Waals surface area contributed by atoms with E-state index in [9.17, 15) is 0 Å². The van der Waals surface area contributed by atoms with Gasteiger partial charge in [0.25, 0.3) is 0 Å². The molecule has 4 nitrogen and oxygen atoms in total. The molecule has 94 valence electrons. The molecule has 0 aromatic carbocycles. The SMILES string of the molecule is CN1CCC2[C@H](CCN2c2cc(C#N)ccn2)C1. The zero-order valence-corrected chi connectivity index (χ0v) is 10.7. The smallest absolute Gasteiger partial charge is 0.130 e. The van der Waals surface area contributed by atoms with Crippen molar-refractivity contribution in [3.05, 3.63) is 23.9 Å². The molecule has 1 unspecified atom stereocenters. The maximum atomic E-state index is 8.97. The van der Waals surface area contributed by atoms with Gasteiger partial charge in [-0.1, -0.05) is 0 Å². The summed E-state index contributed by atoms with van der Waals surface area (Å²) >= 11 is 0. The average Bonchev–Trinajstić information content (AvgIpc) is 2.81. The second-order valence-corrected chi connectivity index (χ2v) is 5.37. The molecule has 3 rings (SSSR count). The van der Waals surface area contributed by atoms with E-state index in [1.54, 1.807) is 12.3 Å². The molecule has 0 bridgehead atoms. The maximum absolute atomic E-state index is 8.97. The molecule has 0 aliphatic carbocycles. The molecule has 2 aliphatic rings. The van der Waals surface area contributed by atoms with E-state index in [0.29, 0.717) is 11.6 Å².